The van der Waals surface area contributed by atoms with Gasteiger partial charge in [0.25, 0.3) is 5.91 Å². The number of carbonyl (C=O) groups is 2. The van der Waals surface area contributed by atoms with Crippen molar-refractivity contribution in [2.24, 2.45) is 5.92 Å². The lowest BCUT2D eigenvalue weighted by Crippen LogP contribution is -2.42. The molecule has 0 radical (unpaired) electrons. The summed E-state index contributed by atoms with van der Waals surface area (Å²) in [5.74, 6) is 0.224. The second-order valence-electron chi connectivity index (χ2n) is 7.27. The van der Waals surface area contributed by atoms with Gasteiger partial charge in [-0.3, -0.25) is 20.4 Å². The van der Waals surface area contributed by atoms with Crippen molar-refractivity contribution in [3.8, 4) is 11.5 Å². The molecule has 2 rings (SSSR count). The maximum absolute atomic E-state index is 12.6. The fourth-order valence-electron chi connectivity index (χ4n) is 2.57. The maximum atomic E-state index is 12.6. The topological polar surface area (TPSA) is 76.7 Å². The number of hydrogen-bond donors (Lipinski definition) is 2. The third-order valence-corrected chi connectivity index (χ3v) is 4.34. The van der Waals surface area contributed by atoms with Crippen molar-refractivity contribution in [3.05, 3.63) is 59.2 Å². The number of amides is 2. The highest BCUT2D eigenvalue weighted by atomic mass is 19.4. The number of halogens is 3. The Balaban J connectivity index is 1.90. The molecule has 0 atom stereocenters. The number of nitrogens with one attached hydrogen (secondary N) is 2. The van der Waals surface area contributed by atoms with Crippen LogP contribution in [0, 0.1) is 5.92 Å². The predicted octanol–water partition coefficient (Wildman–Crippen LogP) is 4.14. The van der Waals surface area contributed by atoms with Gasteiger partial charge in [-0.15, -0.1) is 0 Å². The number of methoxy groups -OCH3 is 1. The summed E-state index contributed by atoms with van der Waals surface area (Å²) in [6, 6.07) is 8.86. The summed E-state index contributed by atoms with van der Waals surface area (Å²) in [5, 5.41) is 0. The number of carbonyl (C=O) groups excluding carboxylic acids is 2. The number of ether oxygens (including phenoxy) is 2. The smallest absolute Gasteiger partial charge is 0.416 e. The van der Waals surface area contributed by atoms with Crippen LogP contribution in [-0.4, -0.2) is 25.5 Å². The van der Waals surface area contributed by atoms with E-state index < -0.39 is 23.6 Å². The molecule has 0 fully saturated rings. The number of hydrazine groups is 1. The van der Waals surface area contributed by atoms with Crippen molar-refractivity contribution < 1.29 is 32.2 Å². The van der Waals surface area contributed by atoms with Gasteiger partial charge in [0.2, 0.25) is 5.91 Å². The van der Waals surface area contributed by atoms with Crippen LogP contribution in [0.2, 0.25) is 0 Å². The summed E-state index contributed by atoms with van der Waals surface area (Å²) < 4.78 is 48.7. The Morgan fingerprint density at radius 1 is 1.00 bits per heavy atom. The van der Waals surface area contributed by atoms with Gasteiger partial charge in [0, 0.05) is 5.56 Å². The van der Waals surface area contributed by atoms with Crippen LogP contribution in [-0.2, 0) is 17.4 Å². The Hall–Kier alpha value is -3.23. The summed E-state index contributed by atoms with van der Waals surface area (Å²) >= 11 is 0. The molecule has 0 aliphatic carbocycles. The molecular formula is C22H25F3N2O4. The molecule has 0 saturated heterocycles. The van der Waals surface area contributed by atoms with Gasteiger partial charge >= 0.3 is 6.18 Å². The lowest BCUT2D eigenvalue weighted by molar-refractivity contribution is -0.137. The van der Waals surface area contributed by atoms with Crippen LogP contribution in [0.3, 0.4) is 0 Å². The highest BCUT2D eigenvalue weighted by Crippen LogP contribution is 2.29. The van der Waals surface area contributed by atoms with Crippen LogP contribution < -0.4 is 20.3 Å². The van der Waals surface area contributed by atoms with Gasteiger partial charge in [-0.05, 0) is 48.2 Å². The van der Waals surface area contributed by atoms with Crippen molar-refractivity contribution in [1.29, 1.82) is 0 Å². The molecule has 0 bridgehead atoms. The summed E-state index contributed by atoms with van der Waals surface area (Å²) in [5.41, 5.74) is 4.33. The Morgan fingerprint density at radius 2 is 1.68 bits per heavy atom. The zero-order valence-corrected chi connectivity index (χ0v) is 17.5. The van der Waals surface area contributed by atoms with Crippen LogP contribution in [0.25, 0.3) is 0 Å². The van der Waals surface area contributed by atoms with Gasteiger partial charge < -0.3 is 9.47 Å². The van der Waals surface area contributed by atoms with Crippen LogP contribution in [0.5, 0.6) is 11.5 Å². The van der Waals surface area contributed by atoms with E-state index in [4.69, 9.17) is 9.47 Å². The highest BCUT2D eigenvalue weighted by molar-refractivity contribution is 5.96. The third-order valence-electron chi connectivity index (χ3n) is 4.34. The average molecular weight is 438 g/mol. The molecule has 0 aromatic heterocycles. The number of hydrogen-bond acceptors (Lipinski definition) is 4. The molecule has 0 aliphatic rings. The molecule has 168 valence electrons. The van der Waals surface area contributed by atoms with E-state index in [9.17, 15) is 22.8 Å². The summed E-state index contributed by atoms with van der Waals surface area (Å²) in [4.78, 5) is 24.3. The Labute approximate surface area is 178 Å². The SMILES string of the molecule is COc1cc(C(=O)NNC(=O)Cc2ccc(C(F)(F)F)cc2)ccc1OCCC(C)C. The first-order chi connectivity index (χ1) is 14.6. The predicted molar refractivity (Wildman–Crippen MR) is 109 cm³/mol. The van der Waals surface area contributed by atoms with Crippen LogP contribution >= 0.6 is 0 Å². The minimum absolute atomic E-state index is 0.190. The zero-order chi connectivity index (χ0) is 23.0. The van der Waals surface area contributed by atoms with E-state index in [1.54, 1.807) is 6.07 Å². The van der Waals surface area contributed by atoms with E-state index in [0.29, 0.717) is 29.6 Å². The van der Waals surface area contributed by atoms with E-state index in [1.165, 1.54) is 31.4 Å². The van der Waals surface area contributed by atoms with Crippen LogP contribution in [0.1, 0.15) is 41.8 Å². The maximum Gasteiger partial charge on any atom is 0.416 e. The lowest BCUT2D eigenvalue weighted by Gasteiger charge is -2.13. The molecule has 0 spiro atoms. The fraction of sp³-hybridized carbons (Fsp3) is 0.364. The van der Waals surface area contributed by atoms with Gasteiger partial charge in [0.15, 0.2) is 11.5 Å². The molecule has 9 heteroatoms. The standard InChI is InChI=1S/C22H25F3N2O4/c1-14(2)10-11-31-18-9-6-16(13-19(18)30-3)21(29)27-26-20(28)12-15-4-7-17(8-5-15)22(23,24)25/h4-9,13-14H,10-12H2,1-3H3,(H,26,28)(H,27,29). The molecule has 2 N–H and O–H groups in total. The highest BCUT2D eigenvalue weighted by Gasteiger charge is 2.30. The van der Waals surface area contributed by atoms with Gasteiger partial charge in [-0.2, -0.15) is 13.2 Å². The minimum atomic E-state index is -4.44. The zero-order valence-electron chi connectivity index (χ0n) is 17.5. The second kappa shape index (κ2) is 10.7. The molecule has 31 heavy (non-hydrogen) atoms. The first-order valence-corrected chi connectivity index (χ1v) is 9.66. The summed E-state index contributed by atoms with van der Waals surface area (Å²) in [7, 11) is 1.46. The molecule has 0 saturated carbocycles. The number of rotatable bonds is 8. The van der Waals surface area contributed by atoms with Crippen LogP contribution in [0.15, 0.2) is 42.5 Å². The van der Waals surface area contributed by atoms with E-state index >= 15 is 0 Å². The number of benzene rings is 2. The molecule has 2 aromatic rings. The molecule has 0 unspecified atom stereocenters. The first-order valence-electron chi connectivity index (χ1n) is 9.66. The molecule has 6 nitrogen and oxygen atoms in total. The van der Waals surface area contributed by atoms with Gasteiger partial charge in [-0.25, -0.2) is 0 Å². The van der Waals surface area contributed by atoms with E-state index in [1.807, 2.05) is 0 Å². The van der Waals surface area contributed by atoms with Crippen molar-refractivity contribution >= 4 is 11.8 Å². The lowest BCUT2D eigenvalue weighted by atomic mass is 10.1. The van der Waals surface area contributed by atoms with Crippen LogP contribution in [0.4, 0.5) is 13.2 Å². The summed E-state index contributed by atoms with van der Waals surface area (Å²) in [6.07, 6.45) is -3.76. The molecule has 0 aliphatic heterocycles. The van der Waals surface area contributed by atoms with Gasteiger partial charge in [0.1, 0.15) is 0 Å². The molecule has 2 amide bonds. The third kappa shape index (κ3) is 7.51. The van der Waals surface area contributed by atoms with Gasteiger partial charge in [0.05, 0.1) is 25.7 Å². The van der Waals surface area contributed by atoms with Gasteiger partial charge in [-0.1, -0.05) is 26.0 Å². The second-order valence-corrected chi connectivity index (χ2v) is 7.27. The minimum Gasteiger partial charge on any atom is -0.493 e. The quantitative estimate of drug-likeness (QED) is 0.608. The van der Waals surface area contributed by atoms with Crippen molar-refractivity contribution in [1.82, 2.24) is 10.9 Å². The molecule has 2 aromatic carbocycles. The normalized spacial score (nSPS) is 11.2. The van der Waals surface area contributed by atoms with Crippen molar-refractivity contribution in [3.63, 3.8) is 0 Å². The van der Waals surface area contributed by atoms with Crippen molar-refractivity contribution in [2.45, 2.75) is 32.9 Å². The fourth-order valence-corrected chi connectivity index (χ4v) is 2.57. The van der Waals surface area contributed by atoms with E-state index in [-0.39, 0.29) is 12.0 Å². The summed E-state index contributed by atoms with van der Waals surface area (Å²) in [6.45, 7) is 4.68. The van der Waals surface area contributed by atoms with E-state index in [2.05, 4.69) is 24.7 Å². The Morgan fingerprint density at radius 3 is 2.26 bits per heavy atom. The molecular weight excluding hydrogens is 413 g/mol. The first kappa shape index (κ1) is 24.0. The molecule has 0 heterocycles. The Bertz CT molecular complexity index is 897. The largest absolute Gasteiger partial charge is 0.493 e. The average Bonchev–Trinajstić information content (AvgIpc) is 2.71. The van der Waals surface area contributed by atoms with E-state index in [0.717, 1.165) is 18.6 Å². The Kier molecular flexibility index (Phi) is 8.30. The monoisotopic (exact) mass is 438 g/mol. The number of alkyl halides is 3. The van der Waals surface area contributed by atoms with Crippen molar-refractivity contribution in [2.75, 3.05) is 13.7 Å².